The second-order valence-corrected chi connectivity index (χ2v) is 5.49. The number of carboxylic acid groups (broad SMARTS) is 1. The fourth-order valence-corrected chi connectivity index (χ4v) is 2.47. The Kier molecular flexibility index (Phi) is 4.72. The molecular weight excluding hydrogens is 306 g/mol. The maximum atomic E-state index is 10.8. The molecule has 0 bridgehead atoms. The van der Waals surface area contributed by atoms with Crippen LogP contribution in [0.2, 0.25) is 0 Å². The molecule has 0 aliphatic heterocycles. The fraction of sp³-hybridized carbons (Fsp3) is 0.158. The minimum Gasteiger partial charge on any atom is -0.489 e. The Morgan fingerprint density at radius 1 is 1.12 bits per heavy atom. The number of pyridine rings is 1. The smallest absolute Gasteiger partial charge is 0.332 e. The van der Waals surface area contributed by atoms with Crippen molar-refractivity contribution in [2.24, 2.45) is 0 Å². The Labute approximate surface area is 139 Å². The van der Waals surface area contributed by atoms with Crippen LogP contribution in [-0.4, -0.2) is 27.3 Å². The lowest BCUT2D eigenvalue weighted by atomic mass is 10.1. The van der Waals surface area contributed by atoms with Crippen molar-refractivity contribution in [1.82, 2.24) is 4.98 Å². The van der Waals surface area contributed by atoms with Gasteiger partial charge < -0.3 is 14.9 Å². The molecule has 1 aromatic heterocycles. The van der Waals surface area contributed by atoms with Gasteiger partial charge in [0.1, 0.15) is 12.4 Å². The highest BCUT2D eigenvalue weighted by Gasteiger charge is 2.16. The lowest BCUT2D eigenvalue weighted by Crippen LogP contribution is -2.22. The average molecular weight is 323 g/mol. The van der Waals surface area contributed by atoms with E-state index in [4.69, 9.17) is 9.84 Å². The largest absolute Gasteiger partial charge is 0.489 e. The van der Waals surface area contributed by atoms with E-state index < -0.39 is 12.1 Å². The molecule has 0 radical (unpaired) electrons. The number of carboxylic acids is 1. The number of nitrogens with zero attached hydrogens (tertiary/aromatic N) is 1. The van der Waals surface area contributed by atoms with Gasteiger partial charge in [-0.15, -0.1) is 0 Å². The molecule has 1 heterocycles. The number of aliphatic hydroxyl groups excluding tert-OH is 1. The van der Waals surface area contributed by atoms with Gasteiger partial charge in [0.2, 0.25) is 0 Å². The Morgan fingerprint density at radius 2 is 1.88 bits per heavy atom. The van der Waals surface area contributed by atoms with E-state index in [0.717, 1.165) is 16.5 Å². The molecule has 0 amide bonds. The van der Waals surface area contributed by atoms with Crippen molar-refractivity contribution < 1.29 is 19.7 Å². The highest BCUT2D eigenvalue weighted by atomic mass is 16.5. The number of ether oxygens (including phenoxy) is 1. The van der Waals surface area contributed by atoms with Crippen LogP contribution in [0.15, 0.2) is 60.8 Å². The van der Waals surface area contributed by atoms with Crippen molar-refractivity contribution in [3.8, 4) is 5.75 Å². The first-order valence-electron chi connectivity index (χ1n) is 7.59. The second kappa shape index (κ2) is 7.10. The zero-order valence-corrected chi connectivity index (χ0v) is 12.9. The summed E-state index contributed by atoms with van der Waals surface area (Å²) in [5, 5.41) is 19.4. The van der Waals surface area contributed by atoms with Crippen molar-refractivity contribution in [1.29, 1.82) is 0 Å². The van der Waals surface area contributed by atoms with E-state index in [1.165, 1.54) is 0 Å². The molecule has 0 saturated heterocycles. The molecule has 0 fully saturated rings. The third kappa shape index (κ3) is 3.70. The van der Waals surface area contributed by atoms with Gasteiger partial charge in [0.05, 0.1) is 5.52 Å². The van der Waals surface area contributed by atoms with Gasteiger partial charge in [-0.3, -0.25) is 4.98 Å². The third-order valence-corrected chi connectivity index (χ3v) is 3.71. The van der Waals surface area contributed by atoms with Crippen LogP contribution < -0.4 is 4.74 Å². The molecule has 2 aromatic carbocycles. The topological polar surface area (TPSA) is 79.7 Å². The Hall–Kier alpha value is -2.92. The predicted molar refractivity (Wildman–Crippen MR) is 89.9 cm³/mol. The van der Waals surface area contributed by atoms with Crippen molar-refractivity contribution >= 4 is 16.9 Å². The standard InChI is InChI=1S/C19H17NO4/c21-17(19(22)23)10-15-6-2-4-8-18(15)24-12-13-9-14-5-1-3-7-16(14)20-11-13/h1-9,11,17,21H,10,12H2,(H,22,23). The van der Waals surface area contributed by atoms with Gasteiger partial charge in [-0.2, -0.15) is 0 Å². The SMILES string of the molecule is O=C(O)C(O)Cc1ccccc1OCc1cnc2ccccc2c1. The summed E-state index contributed by atoms with van der Waals surface area (Å²) in [6.07, 6.45) is 0.315. The highest BCUT2D eigenvalue weighted by molar-refractivity contribution is 5.78. The van der Waals surface area contributed by atoms with E-state index in [1.807, 2.05) is 36.4 Å². The molecule has 0 aliphatic carbocycles. The molecule has 3 aromatic rings. The average Bonchev–Trinajstić information content (AvgIpc) is 2.60. The maximum absolute atomic E-state index is 10.8. The molecule has 5 nitrogen and oxygen atoms in total. The van der Waals surface area contributed by atoms with E-state index in [-0.39, 0.29) is 6.42 Å². The van der Waals surface area contributed by atoms with E-state index in [2.05, 4.69) is 4.98 Å². The molecule has 3 rings (SSSR count). The number of benzene rings is 2. The van der Waals surface area contributed by atoms with Gasteiger partial charge in [0.15, 0.2) is 6.10 Å². The normalized spacial score (nSPS) is 12.0. The molecule has 0 saturated carbocycles. The third-order valence-electron chi connectivity index (χ3n) is 3.71. The molecule has 1 unspecified atom stereocenters. The number of rotatable bonds is 6. The summed E-state index contributed by atoms with van der Waals surface area (Å²) in [7, 11) is 0. The van der Waals surface area contributed by atoms with Gasteiger partial charge in [0.25, 0.3) is 0 Å². The van der Waals surface area contributed by atoms with Crippen LogP contribution in [0.25, 0.3) is 10.9 Å². The van der Waals surface area contributed by atoms with Crippen LogP contribution in [0.1, 0.15) is 11.1 Å². The first kappa shape index (κ1) is 16.0. The van der Waals surface area contributed by atoms with Crippen molar-refractivity contribution in [2.75, 3.05) is 0 Å². The van der Waals surface area contributed by atoms with Crippen molar-refractivity contribution in [3.63, 3.8) is 0 Å². The Morgan fingerprint density at radius 3 is 2.71 bits per heavy atom. The predicted octanol–water partition coefficient (Wildman–Crippen LogP) is 2.80. The van der Waals surface area contributed by atoms with Gasteiger partial charge in [0, 0.05) is 23.6 Å². The van der Waals surface area contributed by atoms with Crippen LogP contribution >= 0.6 is 0 Å². The van der Waals surface area contributed by atoms with E-state index in [1.54, 1.807) is 24.4 Å². The fourth-order valence-electron chi connectivity index (χ4n) is 2.47. The van der Waals surface area contributed by atoms with Crippen LogP contribution in [0.5, 0.6) is 5.75 Å². The van der Waals surface area contributed by atoms with Gasteiger partial charge in [-0.05, 0) is 23.8 Å². The molecular formula is C19H17NO4. The molecule has 0 spiro atoms. The van der Waals surface area contributed by atoms with E-state index in [9.17, 15) is 9.90 Å². The molecule has 5 heteroatoms. The quantitative estimate of drug-likeness (QED) is 0.729. The number of hydrogen-bond acceptors (Lipinski definition) is 4. The minimum atomic E-state index is -1.45. The molecule has 24 heavy (non-hydrogen) atoms. The Bertz CT molecular complexity index is 863. The number of aliphatic hydroxyl groups is 1. The van der Waals surface area contributed by atoms with Crippen LogP contribution in [0.4, 0.5) is 0 Å². The van der Waals surface area contributed by atoms with Crippen molar-refractivity contribution in [3.05, 3.63) is 71.9 Å². The number of aromatic nitrogens is 1. The van der Waals surface area contributed by atoms with Gasteiger partial charge in [-0.25, -0.2) is 4.79 Å². The first-order chi connectivity index (χ1) is 11.6. The molecule has 122 valence electrons. The lowest BCUT2D eigenvalue weighted by Gasteiger charge is -2.13. The number of para-hydroxylation sites is 2. The summed E-state index contributed by atoms with van der Waals surface area (Å²) >= 11 is 0. The van der Waals surface area contributed by atoms with Gasteiger partial charge >= 0.3 is 5.97 Å². The van der Waals surface area contributed by atoms with Crippen LogP contribution in [-0.2, 0) is 17.8 Å². The van der Waals surface area contributed by atoms with E-state index in [0.29, 0.717) is 17.9 Å². The summed E-state index contributed by atoms with van der Waals surface area (Å²) in [4.78, 5) is 15.2. The number of fused-ring (bicyclic) bond motifs is 1. The first-order valence-corrected chi connectivity index (χ1v) is 7.59. The van der Waals surface area contributed by atoms with Crippen molar-refractivity contribution in [2.45, 2.75) is 19.1 Å². The number of hydrogen-bond donors (Lipinski definition) is 2. The summed E-state index contributed by atoms with van der Waals surface area (Å²) in [5.41, 5.74) is 2.50. The van der Waals surface area contributed by atoms with E-state index >= 15 is 0 Å². The summed E-state index contributed by atoms with van der Waals surface area (Å²) in [6, 6.07) is 17.0. The zero-order chi connectivity index (χ0) is 16.9. The van der Waals surface area contributed by atoms with Crippen LogP contribution in [0, 0.1) is 0 Å². The summed E-state index contributed by atoms with van der Waals surface area (Å²) < 4.78 is 5.81. The highest BCUT2D eigenvalue weighted by Crippen LogP contribution is 2.22. The molecule has 1 atom stereocenters. The zero-order valence-electron chi connectivity index (χ0n) is 12.9. The number of aliphatic carboxylic acids is 1. The second-order valence-electron chi connectivity index (χ2n) is 5.49. The maximum Gasteiger partial charge on any atom is 0.332 e. The monoisotopic (exact) mass is 323 g/mol. The summed E-state index contributed by atoms with van der Waals surface area (Å²) in [5.74, 6) is -0.686. The molecule has 0 aliphatic rings. The lowest BCUT2D eigenvalue weighted by molar-refractivity contribution is -0.146. The Balaban J connectivity index is 1.74. The summed E-state index contributed by atoms with van der Waals surface area (Å²) in [6.45, 7) is 0.317. The molecule has 2 N–H and O–H groups in total. The number of carbonyl (C=O) groups is 1. The van der Waals surface area contributed by atoms with Gasteiger partial charge in [-0.1, -0.05) is 36.4 Å². The minimum absolute atomic E-state index is 0.00147. The van der Waals surface area contributed by atoms with Crippen LogP contribution in [0.3, 0.4) is 0 Å².